The Balaban J connectivity index is 1.54. The summed E-state index contributed by atoms with van der Waals surface area (Å²) in [6.45, 7) is 0.923. The van der Waals surface area contributed by atoms with Crippen molar-refractivity contribution in [2.75, 3.05) is 13.2 Å². The van der Waals surface area contributed by atoms with Crippen LogP contribution in [0.3, 0.4) is 0 Å². The molecule has 0 saturated carbocycles. The van der Waals surface area contributed by atoms with Crippen LogP contribution in [-0.4, -0.2) is 30.5 Å². The molecule has 3 N–H and O–H groups in total. The van der Waals surface area contributed by atoms with Crippen LogP contribution in [0.5, 0.6) is 0 Å². The van der Waals surface area contributed by atoms with Crippen LogP contribution >= 0.6 is 0 Å². The molecule has 0 aromatic heterocycles. The fourth-order valence-corrected chi connectivity index (χ4v) is 3.56. The average Bonchev–Trinajstić information content (AvgIpc) is 3.04. The number of hydrogen-bond donors (Lipinski definition) is 2. The molecule has 0 bridgehead atoms. The predicted octanol–water partition coefficient (Wildman–Crippen LogP) is 2.74. The quantitative estimate of drug-likeness (QED) is 0.222. The lowest BCUT2D eigenvalue weighted by atomic mass is 9.98. The van der Waals surface area contributed by atoms with Crippen LogP contribution in [0.15, 0.2) is 48.5 Å². The highest BCUT2D eigenvalue weighted by Crippen LogP contribution is 2.44. The fraction of sp³-hybridized carbons (Fsp3) is 0.333. The number of rotatable bonds is 10. The molecule has 2 aromatic rings. The summed E-state index contributed by atoms with van der Waals surface area (Å²) >= 11 is 0. The molecule has 0 aliphatic heterocycles. The zero-order valence-corrected chi connectivity index (χ0v) is 15.3. The largest absolute Gasteiger partial charge is 0.294 e. The number of carbonyl (C=O) groups excluding carboxylic acids is 2. The van der Waals surface area contributed by atoms with Crippen LogP contribution in [0.2, 0.25) is 0 Å². The standard InChI is InChI=1S/C21H25N3O3/c22-23-21(26)12-2-1-7-13-24(15-25)27-14-20-18-10-5-3-8-16(18)17-9-4-6-11-19(17)20/h3-6,8-11,15,20H,1-2,7,12-14,22H2,(H,23,26). The second-order valence-electron chi connectivity index (χ2n) is 6.65. The van der Waals surface area contributed by atoms with Gasteiger partial charge in [-0.05, 0) is 35.1 Å². The van der Waals surface area contributed by atoms with Crippen molar-refractivity contribution < 1.29 is 14.4 Å². The van der Waals surface area contributed by atoms with E-state index in [-0.39, 0.29) is 11.8 Å². The molecule has 0 radical (unpaired) electrons. The molecule has 1 aliphatic rings. The molecule has 0 atom stereocenters. The van der Waals surface area contributed by atoms with Gasteiger partial charge in [0.2, 0.25) is 12.3 Å². The highest BCUT2D eigenvalue weighted by atomic mass is 16.7. The SMILES string of the molecule is NNC(=O)CCCCCN(C=O)OCC1c2ccccc2-c2ccccc21. The van der Waals surface area contributed by atoms with Gasteiger partial charge in [0.1, 0.15) is 0 Å². The predicted molar refractivity (Wildman–Crippen MR) is 103 cm³/mol. The molecule has 27 heavy (non-hydrogen) atoms. The van der Waals surface area contributed by atoms with Crippen LogP contribution in [0.25, 0.3) is 11.1 Å². The molecular formula is C21H25N3O3. The van der Waals surface area contributed by atoms with Gasteiger partial charge in [-0.2, -0.15) is 0 Å². The molecule has 0 spiro atoms. The molecule has 6 nitrogen and oxygen atoms in total. The minimum Gasteiger partial charge on any atom is -0.294 e. The number of nitrogens with one attached hydrogen (secondary N) is 1. The highest BCUT2D eigenvalue weighted by molar-refractivity contribution is 5.78. The Morgan fingerprint density at radius 2 is 1.67 bits per heavy atom. The minimum atomic E-state index is -0.169. The van der Waals surface area contributed by atoms with Crippen molar-refractivity contribution in [2.45, 2.75) is 31.6 Å². The van der Waals surface area contributed by atoms with E-state index in [0.717, 1.165) is 25.7 Å². The van der Waals surface area contributed by atoms with Crippen LogP contribution in [-0.2, 0) is 14.4 Å². The Bertz CT molecular complexity index is 748. The van der Waals surface area contributed by atoms with Gasteiger partial charge in [-0.3, -0.25) is 19.9 Å². The third-order valence-corrected chi connectivity index (χ3v) is 4.93. The first-order valence-corrected chi connectivity index (χ1v) is 9.27. The summed E-state index contributed by atoms with van der Waals surface area (Å²) in [6.07, 6.45) is 3.46. The number of nitrogens with zero attached hydrogens (tertiary/aromatic N) is 1. The number of hydroxylamine groups is 2. The van der Waals surface area contributed by atoms with Gasteiger partial charge in [-0.1, -0.05) is 55.0 Å². The monoisotopic (exact) mass is 367 g/mol. The maximum atomic E-state index is 11.3. The van der Waals surface area contributed by atoms with Crippen molar-refractivity contribution >= 4 is 12.3 Å². The lowest BCUT2D eigenvalue weighted by Crippen LogP contribution is -2.29. The van der Waals surface area contributed by atoms with Crippen molar-refractivity contribution in [3.63, 3.8) is 0 Å². The molecule has 0 unspecified atom stereocenters. The van der Waals surface area contributed by atoms with Gasteiger partial charge < -0.3 is 0 Å². The molecular weight excluding hydrogens is 342 g/mol. The van der Waals surface area contributed by atoms with Crippen molar-refractivity contribution in [3.05, 3.63) is 59.7 Å². The Morgan fingerprint density at radius 3 is 2.26 bits per heavy atom. The number of hydrazine groups is 1. The second kappa shape index (κ2) is 9.30. The summed E-state index contributed by atoms with van der Waals surface area (Å²) in [5, 5.41) is 1.35. The van der Waals surface area contributed by atoms with Crippen LogP contribution in [0.4, 0.5) is 0 Å². The molecule has 2 amide bonds. The Hall–Kier alpha value is -2.70. The zero-order chi connectivity index (χ0) is 19.1. The molecule has 6 heteroatoms. The van der Waals surface area contributed by atoms with Crippen molar-refractivity contribution in [1.82, 2.24) is 10.5 Å². The summed E-state index contributed by atoms with van der Waals surface area (Å²) in [4.78, 5) is 28.2. The van der Waals surface area contributed by atoms with E-state index in [1.807, 2.05) is 24.3 Å². The highest BCUT2D eigenvalue weighted by Gasteiger charge is 2.28. The van der Waals surface area contributed by atoms with E-state index in [2.05, 4.69) is 29.7 Å². The first-order chi connectivity index (χ1) is 13.2. The van der Waals surface area contributed by atoms with Gasteiger partial charge in [0, 0.05) is 18.9 Å². The minimum absolute atomic E-state index is 0.119. The zero-order valence-electron chi connectivity index (χ0n) is 15.3. The third kappa shape index (κ3) is 4.53. The van der Waals surface area contributed by atoms with E-state index in [0.29, 0.717) is 19.6 Å². The van der Waals surface area contributed by atoms with E-state index >= 15 is 0 Å². The lowest BCUT2D eigenvalue weighted by Gasteiger charge is -2.20. The normalized spacial score (nSPS) is 12.3. The summed E-state index contributed by atoms with van der Waals surface area (Å²) in [5.41, 5.74) is 7.05. The number of hydrogen-bond acceptors (Lipinski definition) is 4. The van der Waals surface area contributed by atoms with Crippen molar-refractivity contribution in [2.24, 2.45) is 5.84 Å². The molecule has 2 aromatic carbocycles. The summed E-state index contributed by atoms with van der Waals surface area (Å²) in [6, 6.07) is 16.7. The number of nitrogens with two attached hydrogens (primary N) is 1. The topological polar surface area (TPSA) is 84.7 Å². The van der Waals surface area contributed by atoms with Crippen molar-refractivity contribution in [1.29, 1.82) is 0 Å². The van der Waals surface area contributed by atoms with E-state index in [4.69, 9.17) is 10.7 Å². The smallest absolute Gasteiger partial charge is 0.233 e. The molecule has 0 fully saturated rings. The summed E-state index contributed by atoms with van der Waals surface area (Å²) in [5.74, 6) is 5.00. The number of amides is 2. The molecule has 0 heterocycles. The third-order valence-electron chi connectivity index (χ3n) is 4.93. The van der Waals surface area contributed by atoms with E-state index < -0.39 is 0 Å². The van der Waals surface area contributed by atoms with Crippen LogP contribution in [0, 0.1) is 0 Å². The lowest BCUT2D eigenvalue weighted by molar-refractivity contribution is -0.173. The number of benzene rings is 2. The van der Waals surface area contributed by atoms with Gasteiger partial charge in [0.05, 0.1) is 6.61 Å². The van der Waals surface area contributed by atoms with Crippen LogP contribution < -0.4 is 11.3 Å². The van der Waals surface area contributed by atoms with E-state index in [1.54, 1.807) is 0 Å². The van der Waals surface area contributed by atoms with Crippen molar-refractivity contribution in [3.8, 4) is 11.1 Å². The maximum Gasteiger partial charge on any atom is 0.233 e. The fourth-order valence-electron chi connectivity index (χ4n) is 3.56. The maximum absolute atomic E-state index is 11.3. The first-order valence-electron chi connectivity index (χ1n) is 9.27. The molecule has 3 rings (SSSR count). The average molecular weight is 367 g/mol. The van der Waals surface area contributed by atoms with Gasteiger partial charge in [0.15, 0.2) is 0 Å². The molecule has 1 aliphatic carbocycles. The summed E-state index contributed by atoms with van der Waals surface area (Å²) in [7, 11) is 0. The van der Waals surface area contributed by atoms with E-state index in [9.17, 15) is 9.59 Å². The van der Waals surface area contributed by atoms with Gasteiger partial charge in [-0.25, -0.2) is 10.9 Å². The number of fused-ring (bicyclic) bond motifs is 3. The van der Waals surface area contributed by atoms with Crippen LogP contribution in [0.1, 0.15) is 42.7 Å². The molecule has 142 valence electrons. The first kappa shape index (κ1) is 19.1. The Kier molecular flexibility index (Phi) is 6.57. The summed E-state index contributed by atoms with van der Waals surface area (Å²) < 4.78 is 0. The number of carbonyl (C=O) groups is 2. The molecule has 0 saturated heterocycles. The number of unbranched alkanes of at least 4 members (excludes halogenated alkanes) is 2. The van der Waals surface area contributed by atoms with E-state index in [1.165, 1.54) is 27.3 Å². The Labute approximate surface area is 159 Å². The van der Waals surface area contributed by atoms with Gasteiger partial charge in [-0.15, -0.1) is 0 Å². The van der Waals surface area contributed by atoms with Gasteiger partial charge >= 0.3 is 0 Å². The second-order valence-corrected chi connectivity index (χ2v) is 6.65. The Morgan fingerprint density at radius 1 is 1.04 bits per heavy atom. The van der Waals surface area contributed by atoms with Gasteiger partial charge in [0.25, 0.3) is 0 Å².